The number of rotatable bonds is 1. The van der Waals surface area contributed by atoms with E-state index in [4.69, 9.17) is 0 Å². The topological polar surface area (TPSA) is 12.4 Å². The maximum atomic E-state index is 4.51. The molecule has 84 valence electrons. The van der Waals surface area contributed by atoms with Crippen molar-refractivity contribution in [2.45, 2.75) is 45.4 Å². The van der Waals surface area contributed by atoms with Crippen LogP contribution in [0.15, 0.2) is 10.6 Å². The molecule has 0 amide bonds. The van der Waals surface area contributed by atoms with Crippen LogP contribution >= 0.6 is 0 Å². The van der Waals surface area contributed by atoms with Crippen molar-refractivity contribution >= 4 is 5.71 Å². The fourth-order valence-corrected chi connectivity index (χ4v) is 3.12. The second-order valence-electron chi connectivity index (χ2n) is 4.45. The Labute approximate surface area is 108 Å². The molecule has 2 rings (SSSR count). The molecule has 15 heavy (non-hydrogen) atoms. The van der Waals surface area contributed by atoms with Crippen LogP contribution in [0.25, 0.3) is 0 Å². The van der Waals surface area contributed by atoms with Crippen molar-refractivity contribution in [2.75, 3.05) is 7.05 Å². The third-order valence-electron chi connectivity index (χ3n) is 3.72. The number of aliphatic imine (C=N–C) groups is 1. The summed E-state index contributed by atoms with van der Waals surface area (Å²) in [6, 6.07) is 0. The molecule has 2 aliphatic rings. The summed E-state index contributed by atoms with van der Waals surface area (Å²) in [5, 5.41) is 0. The molecule has 0 aromatic carbocycles. The van der Waals surface area contributed by atoms with Gasteiger partial charge in [-0.1, -0.05) is 44.9 Å². The normalized spacial score (nSPS) is 35.3. The van der Waals surface area contributed by atoms with Crippen LogP contribution in [0.2, 0.25) is 0 Å². The first-order valence-electron chi connectivity index (χ1n) is 5.93. The van der Waals surface area contributed by atoms with Crippen molar-refractivity contribution in [1.29, 1.82) is 0 Å². The van der Waals surface area contributed by atoms with E-state index < -0.39 is 0 Å². The van der Waals surface area contributed by atoms with Crippen LogP contribution in [0.1, 0.15) is 45.4 Å². The van der Waals surface area contributed by atoms with Crippen molar-refractivity contribution in [3.05, 3.63) is 11.6 Å². The molecule has 0 aliphatic heterocycles. The molecule has 2 fully saturated rings. The van der Waals surface area contributed by atoms with Gasteiger partial charge in [0.25, 0.3) is 0 Å². The molecule has 0 saturated heterocycles. The second-order valence-corrected chi connectivity index (χ2v) is 4.45. The Balaban J connectivity index is 0.00000112. The molecule has 2 saturated carbocycles. The summed E-state index contributed by atoms with van der Waals surface area (Å²) in [6.45, 7) is 2.17. The van der Waals surface area contributed by atoms with Crippen LogP contribution in [-0.2, 0) is 21.1 Å². The molecule has 0 N–H and O–H groups in total. The van der Waals surface area contributed by atoms with Gasteiger partial charge in [-0.05, 0) is 5.92 Å². The van der Waals surface area contributed by atoms with Gasteiger partial charge in [-0.2, -0.15) is 0 Å². The van der Waals surface area contributed by atoms with E-state index in [-0.39, 0.29) is 21.1 Å². The summed E-state index contributed by atoms with van der Waals surface area (Å²) < 4.78 is 0. The van der Waals surface area contributed by atoms with Gasteiger partial charge >= 0.3 is 0 Å². The van der Waals surface area contributed by atoms with Gasteiger partial charge in [-0.15, -0.1) is 12.1 Å². The number of fused-ring (bicyclic) bond motifs is 1. The van der Waals surface area contributed by atoms with Crippen molar-refractivity contribution in [3.8, 4) is 0 Å². The summed E-state index contributed by atoms with van der Waals surface area (Å²) in [6.07, 6.45) is 11.3. The van der Waals surface area contributed by atoms with Gasteiger partial charge in [-0.25, -0.2) is 5.57 Å². The number of hydrogen-bond acceptors (Lipinski definition) is 1. The van der Waals surface area contributed by atoms with E-state index in [0.29, 0.717) is 0 Å². The first kappa shape index (κ1) is 13.2. The van der Waals surface area contributed by atoms with Gasteiger partial charge < -0.3 is 4.99 Å². The Kier molecular flexibility index (Phi) is 5.26. The van der Waals surface area contributed by atoms with Gasteiger partial charge in [0, 0.05) is 28.1 Å². The predicted molar refractivity (Wildman–Crippen MR) is 60.5 cm³/mol. The SMILES string of the molecule is CC[C-]=C1CCC2CCCC2C1=NC.[W]. The van der Waals surface area contributed by atoms with E-state index in [1.165, 1.54) is 43.4 Å². The Hall–Kier alpha value is 0.0983. The summed E-state index contributed by atoms with van der Waals surface area (Å²) in [7, 11) is 1.95. The average Bonchev–Trinajstić information content (AvgIpc) is 2.66. The quantitative estimate of drug-likeness (QED) is 0.624. The molecule has 2 heteroatoms. The zero-order valence-corrected chi connectivity index (χ0v) is 12.7. The van der Waals surface area contributed by atoms with Crippen LogP contribution in [-0.4, -0.2) is 12.8 Å². The smallest absolute Gasteiger partial charge is 0.00718 e. The van der Waals surface area contributed by atoms with Crippen molar-refractivity contribution in [2.24, 2.45) is 16.8 Å². The predicted octanol–water partition coefficient (Wildman–Crippen LogP) is 3.40. The van der Waals surface area contributed by atoms with E-state index in [9.17, 15) is 0 Å². The van der Waals surface area contributed by atoms with Gasteiger partial charge in [0.05, 0.1) is 0 Å². The molecule has 0 aromatic rings. The Morgan fingerprint density at radius 1 is 1.33 bits per heavy atom. The third kappa shape index (κ3) is 2.61. The van der Waals surface area contributed by atoms with Gasteiger partial charge in [-0.3, -0.25) is 6.08 Å². The monoisotopic (exact) mass is 374 g/mol. The summed E-state index contributed by atoms with van der Waals surface area (Å²) >= 11 is 0. The minimum absolute atomic E-state index is 0. The standard InChI is InChI=1S/C13H20N.W/c1-3-5-11-9-8-10-6-4-7-12(10)13(11)14-2;/h10,12H,3-4,6-9H2,1-2H3;/q-1;. The molecular formula is C13H20NW-. The van der Waals surface area contributed by atoms with Crippen LogP contribution < -0.4 is 0 Å². The van der Waals surface area contributed by atoms with Crippen LogP contribution in [0.5, 0.6) is 0 Å². The van der Waals surface area contributed by atoms with E-state index in [1.54, 1.807) is 0 Å². The molecule has 0 bridgehead atoms. The summed E-state index contributed by atoms with van der Waals surface area (Å²) in [5.41, 5.74) is 2.82. The number of allylic oxidation sites excluding steroid dienone is 2. The van der Waals surface area contributed by atoms with Crippen molar-refractivity contribution in [1.82, 2.24) is 0 Å². The third-order valence-corrected chi connectivity index (χ3v) is 3.72. The maximum Gasteiger partial charge on any atom is 0.00718 e. The van der Waals surface area contributed by atoms with Crippen LogP contribution in [0.4, 0.5) is 0 Å². The van der Waals surface area contributed by atoms with E-state index in [0.717, 1.165) is 18.3 Å². The molecule has 2 atom stereocenters. The molecule has 0 radical (unpaired) electrons. The first-order chi connectivity index (χ1) is 6.86. The number of nitrogens with zero attached hydrogens (tertiary/aromatic N) is 1. The molecule has 0 spiro atoms. The fraction of sp³-hybridized carbons (Fsp3) is 0.769. The molecule has 0 aromatic heterocycles. The summed E-state index contributed by atoms with van der Waals surface area (Å²) in [5.74, 6) is 1.72. The van der Waals surface area contributed by atoms with Crippen LogP contribution in [0.3, 0.4) is 0 Å². The average molecular weight is 374 g/mol. The van der Waals surface area contributed by atoms with E-state index in [1.807, 2.05) is 7.05 Å². The van der Waals surface area contributed by atoms with Crippen molar-refractivity contribution < 1.29 is 21.1 Å². The molecular weight excluding hydrogens is 354 g/mol. The molecule has 2 aliphatic carbocycles. The summed E-state index contributed by atoms with van der Waals surface area (Å²) in [4.78, 5) is 4.51. The largest absolute Gasteiger partial charge is 0.386 e. The van der Waals surface area contributed by atoms with Gasteiger partial charge in [0.15, 0.2) is 0 Å². The number of hydrogen-bond donors (Lipinski definition) is 0. The second kappa shape index (κ2) is 5.99. The van der Waals surface area contributed by atoms with E-state index in [2.05, 4.69) is 18.0 Å². The minimum atomic E-state index is 0. The zero-order valence-electron chi connectivity index (χ0n) is 9.75. The van der Waals surface area contributed by atoms with Crippen LogP contribution in [0, 0.1) is 17.9 Å². The first-order valence-corrected chi connectivity index (χ1v) is 5.93. The molecule has 1 nitrogen and oxygen atoms in total. The Bertz CT molecular complexity index is 268. The zero-order chi connectivity index (χ0) is 9.97. The van der Waals surface area contributed by atoms with E-state index >= 15 is 0 Å². The maximum absolute atomic E-state index is 4.51. The molecule has 0 heterocycles. The molecule has 2 unspecified atom stereocenters. The Morgan fingerprint density at radius 3 is 2.80 bits per heavy atom. The fourth-order valence-electron chi connectivity index (χ4n) is 3.12. The van der Waals surface area contributed by atoms with Gasteiger partial charge in [0.1, 0.15) is 0 Å². The Morgan fingerprint density at radius 2 is 2.13 bits per heavy atom. The van der Waals surface area contributed by atoms with Gasteiger partial charge in [0.2, 0.25) is 0 Å². The minimum Gasteiger partial charge on any atom is -0.386 e. The van der Waals surface area contributed by atoms with Crippen molar-refractivity contribution in [3.63, 3.8) is 0 Å².